The van der Waals surface area contributed by atoms with Gasteiger partial charge in [0.2, 0.25) is 0 Å². The summed E-state index contributed by atoms with van der Waals surface area (Å²) in [7, 11) is -0.377. The van der Waals surface area contributed by atoms with Gasteiger partial charge in [-0.2, -0.15) is 17.0 Å². The maximum absolute atomic E-state index is 12.1. The Balaban J connectivity index is 1.80. The summed E-state index contributed by atoms with van der Waals surface area (Å²) < 4.78 is 26.8. The van der Waals surface area contributed by atoms with Crippen molar-refractivity contribution in [2.75, 3.05) is 45.3 Å². The number of rotatable bonds is 6. The average Bonchev–Trinajstić information content (AvgIpc) is 2.66. The lowest BCUT2D eigenvalue weighted by molar-refractivity contribution is -0.136. The fourth-order valence-electron chi connectivity index (χ4n) is 2.82. The zero-order valence-corrected chi connectivity index (χ0v) is 17.4. The van der Waals surface area contributed by atoms with Crippen molar-refractivity contribution in [2.24, 2.45) is 5.92 Å². The first-order valence-corrected chi connectivity index (χ1v) is 11.3. The van der Waals surface area contributed by atoms with Gasteiger partial charge in [0.1, 0.15) is 0 Å². The summed E-state index contributed by atoms with van der Waals surface area (Å²) >= 11 is 1.49. The molecule has 1 saturated heterocycles. The average molecular weight is 415 g/mol. The van der Waals surface area contributed by atoms with Gasteiger partial charge in [-0.3, -0.25) is 9.59 Å². The molecule has 0 aliphatic carbocycles. The minimum Gasteiger partial charge on any atom is -0.348 e. The van der Waals surface area contributed by atoms with E-state index in [9.17, 15) is 18.0 Å². The highest BCUT2D eigenvalue weighted by atomic mass is 32.2. The maximum atomic E-state index is 12.1. The number of thioether (sulfide) groups is 1. The molecule has 2 rings (SSSR count). The summed E-state index contributed by atoms with van der Waals surface area (Å²) in [5.41, 5.74) is 0.604. The zero-order chi connectivity index (χ0) is 20.0. The molecule has 1 aromatic rings. The Kier molecular flexibility index (Phi) is 7.66. The van der Waals surface area contributed by atoms with Gasteiger partial charge in [0.25, 0.3) is 10.2 Å². The molecule has 27 heavy (non-hydrogen) atoms. The van der Waals surface area contributed by atoms with E-state index in [-0.39, 0.29) is 5.92 Å². The summed E-state index contributed by atoms with van der Waals surface area (Å²) in [4.78, 5) is 25.0. The molecule has 0 unspecified atom stereocenters. The highest BCUT2D eigenvalue weighted by Gasteiger charge is 2.29. The molecular formula is C17H26N4O4S2. The number of piperidine rings is 1. The highest BCUT2D eigenvalue weighted by Crippen LogP contribution is 2.24. The molecule has 1 aliphatic rings. The van der Waals surface area contributed by atoms with Crippen molar-refractivity contribution in [3.05, 3.63) is 24.3 Å². The maximum Gasteiger partial charge on any atom is 0.313 e. The molecule has 0 bridgehead atoms. The van der Waals surface area contributed by atoms with E-state index in [2.05, 4.69) is 10.6 Å². The number of hydrogen-bond donors (Lipinski definition) is 2. The van der Waals surface area contributed by atoms with Crippen LogP contribution in [0.5, 0.6) is 0 Å². The van der Waals surface area contributed by atoms with Crippen LogP contribution in [0.4, 0.5) is 5.69 Å². The molecule has 0 saturated carbocycles. The van der Waals surface area contributed by atoms with E-state index in [4.69, 9.17) is 0 Å². The predicted molar refractivity (Wildman–Crippen MR) is 107 cm³/mol. The van der Waals surface area contributed by atoms with Crippen LogP contribution in [0.25, 0.3) is 0 Å². The molecule has 150 valence electrons. The van der Waals surface area contributed by atoms with Crippen molar-refractivity contribution in [1.29, 1.82) is 0 Å². The summed E-state index contributed by atoms with van der Waals surface area (Å²) in [6.45, 7) is 1.18. The molecule has 0 aromatic heterocycles. The number of nitrogens with zero attached hydrogens (tertiary/aromatic N) is 2. The Labute approximate surface area is 164 Å². The van der Waals surface area contributed by atoms with Crippen LogP contribution in [0.3, 0.4) is 0 Å². The van der Waals surface area contributed by atoms with Gasteiger partial charge in [0, 0.05) is 38.6 Å². The van der Waals surface area contributed by atoms with E-state index in [0.717, 1.165) is 4.90 Å². The molecule has 0 radical (unpaired) electrons. The molecule has 2 amide bonds. The van der Waals surface area contributed by atoms with Crippen molar-refractivity contribution in [3.63, 3.8) is 0 Å². The number of hydrogen-bond acceptors (Lipinski definition) is 5. The molecule has 10 heteroatoms. The fourth-order valence-corrected chi connectivity index (χ4v) is 4.51. The van der Waals surface area contributed by atoms with Crippen LogP contribution in [-0.4, -0.2) is 68.8 Å². The second-order valence-electron chi connectivity index (χ2n) is 6.50. The Bertz CT molecular complexity index is 775. The molecule has 1 fully saturated rings. The van der Waals surface area contributed by atoms with Crippen molar-refractivity contribution >= 4 is 39.5 Å². The first-order chi connectivity index (χ1) is 12.8. The second-order valence-corrected chi connectivity index (χ2v) is 9.49. The molecular weight excluding hydrogens is 388 g/mol. The molecule has 1 heterocycles. The fraction of sp³-hybridized carbons (Fsp3) is 0.529. The van der Waals surface area contributed by atoms with Gasteiger partial charge < -0.3 is 10.6 Å². The van der Waals surface area contributed by atoms with Crippen molar-refractivity contribution in [3.8, 4) is 0 Å². The summed E-state index contributed by atoms with van der Waals surface area (Å²) in [5, 5.41) is 5.27. The van der Waals surface area contributed by atoms with Gasteiger partial charge in [-0.25, -0.2) is 0 Å². The van der Waals surface area contributed by atoms with E-state index in [1.54, 1.807) is 12.1 Å². The lowest BCUT2D eigenvalue weighted by Crippen LogP contribution is -2.46. The van der Waals surface area contributed by atoms with Gasteiger partial charge >= 0.3 is 11.8 Å². The van der Waals surface area contributed by atoms with Crippen LogP contribution in [0, 0.1) is 5.92 Å². The normalized spacial score (nSPS) is 16.3. The second kappa shape index (κ2) is 9.54. The first-order valence-electron chi connectivity index (χ1n) is 8.65. The van der Waals surface area contributed by atoms with Crippen LogP contribution in [0.2, 0.25) is 0 Å². The number of benzene rings is 1. The van der Waals surface area contributed by atoms with Gasteiger partial charge in [-0.05, 0) is 37.1 Å². The quantitative estimate of drug-likeness (QED) is 0.534. The third kappa shape index (κ3) is 5.68. The Morgan fingerprint density at radius 3 is 2.41 bits per heavy atom. The summed E-state index contributed by atoms with van der Waals surface area (Å²) in [6, 6.07) is 7.28. The lowest BCUT2D eigenvalue weighted by atomic mass is 9.98. The van der Waals surface area contributed by atoms with Crippen molar-refractivity contribution in [1.82, 2.24) is 13.9 Å². The van der Waals surface area contributed by atoms with E-state index < -0.39 is 22.0 Å². The smallest absolute Gasteiger partial charge is 0.313 e. The molecule has 0 atom stereocenters. The topological polar surface area (TPSA) is 98.8 Å². The lowest BCUT2D eigenvalue weighted by Gasteiger charge is -2.32. The van der Waals surface area contributed by atoms with Crippen LogP contribution < -0.4 is 10.6 Å². The predicted octanol–water partition coefficient (Wildman–Crippen LogP) is 0.982. The number of anilines is 1. The van der Waals surface area contributed by atoms with Crippen molar-refractivity contribution in [2.45, 2.75) is 17.7 Å². The molecule has 8 nitrogen and oxygen atoms in total. The Morgan fingerprint density at radius 2 is 1.81 bits per heavy atom. The number of carbonyl (C=O) groups excluding carboxylic acids is 2. The highest BCUT2D eigenvalue weighted by molar-refractivity contribution is 7.98. The van der Waals surface area contributed by atoms with E-state index in [1.807, 2.05) is 18.4 Å². The molecule has 2 N–H and O–H groups in total. The summed E-state index contributed by atoms with van der Waals surface area (Å²) in [5.74, 6) is -1.24. The molecule has 0 spiro atoms. The molecule has 1 aromatic carbocycles. The third-order valence-corrected chi connectivity index (χ3v) is 7.21. The van der Waals surface area contributed by atoms with Crippen LogP contribution in [0.15, 0.2) is 29.2 Å². The largest absolute Gasteiger partial charge is 0.348 e. The Hall–Kier alpha value is -1.62. The van der Waals surface area contributed by atoms with Gasteiger partial charge in [-0.1, -0.05) is 12.1 Å². The number of nitrogens with one attached hydrogen (secondary N) is 2. The zero-order valence-electron chi connectivity index (χ0n) is 15.8. The Morgan fingerprint density at radius 1 is 1.19 bits per heavy atom. The SMILES string of the molecule is CSc1ccccc1NC(=O)C(=O)NCC1CCN(S(=O)(=O)N(C)C)CC1. The monoisotopic (exact) mass is 414 g/mol. The minimum absolute atomic E-state index is 0.147. The minimum atomic E-state index is -3.40. The van der Waals surface area contributed by atoms with Crippen LogP contribution in [0.1, 0.15) is 12.8 Å². The van der Waals surface area contributed by atoms with Gasteiger partial charge in [-0.15, -0.1) is 11.8 Å². The third-order valence-electron chi connectivity index (χ3n) is 4.47. The van der Waals surface area contributed by atoms with E-state index >= 15 is 0 Å². The standard InChI is InChI=1S/C17H26N4O4S2/c1-20(2)27(24,25)21-10-8-13(9-11-21)12-18-16(22)17(23)19-14-6-4-5-7-15(14)26-3/h4-7,13H,8-12H2,1-3H3,(H,18,22)(H,19,23). The van der Waals surface area contributed by atoms with E-state index in [1.165, 1.54) is 34.5 Å². The van der Waals surface area contributed by atoms with Crippen molar-refractivity contribution < 1.29 is 18.0 Å². The molecule has 1 aliphatic heterocycles. The number of para-hydroxylation sites is 1. The van der Waals surface area contributed by atoms with Gasteiger partial charge in [0.05, 0.1) is 5.69 Å². The number of amides is 2. The van der Waals surface area contributed by atoms with Crippen LogP contribution in [-0.2, 0) is 19.8 Å². The van der Waals surface area contributed by atoms with Gasteiger partial charge in [0.15, 0.2) is 0 Å². The first kappa shape index (κ1) is 21.7. The number of carbonyl (C=O) groups is 2. The van der Waals surface area contributed by atoms with E-state index in [0.29, 0.717) is 38.2 Å². The summed E-state index contributed by atoms with van der Waals surface area (Å²) in [6.07, 6.45) is 3.18. The van der Waals surface area contributed by atoms with Crippen LogP contribution >= 0.6 is 11.8 Å².